The second kappa shape index (κ2) is 7.67. The van der Waals surface area contributed by atoms with Crippen LogP contribution in [0.25, 0.3) is 0 Å². The summed E-state index contributed by atoms with van der Waals surface area (Å²) >= 11 is 2.11. The van der Waals surface area contributed by atoms with Crippen molar-refractivity contribution in [1.29, 1.82) is 0 Å². The molecule has 0 radical (unpaired) electrons. The van der Waals surface area contributed by atoms with E-state index >= 15 is 0 Å². The Morgan fingerprint density at radius 2 is 2.16 bits per heavy atom. The lowest BCUT2D eigenvalue weighted by atomic mass is 10.1. The molecule has 19 heavy (non-hydrogen) atoms. The van der Waals surface area contributed by atoms with Crippen LogP contribution in [-0.2, 0) is 0 Å². The second-order valence-corrected chi connectivity index (χ2v) is 6.02. The highest BCUT2D eigenvalue weighted by molar-refractivity contribution is 14.1. The first-order valence-electron chi connectivity index (χ1n) is 6.66. The number of halogens is 1. The molecule has 1 rings (SSSR count). The molecule has 2 N–H and O–H groups in total. The highest BCUT2D eigenvalue weighted by Gasteiger charge is 2.14. The molecule has 0 bridgehead atoms. The van der Waals surface area contributed by atoms with Crippen molar-refractivity contribution in [3.05, 3.63) is 31.2 Å². The number of H-pyrrole nitrogens is 1. The molecule has 0 fully saturated rings. The van der Waals surface area contributed by atoms with Crippen LogP contribution in [0.3, 0.4) is 0 Å². The number of rotatable bonds is 6. The summed E-state index contributed by atoms with van der Waals surface area (Å²) in [4.78, 5) is 26.5. The zero-order valence-electron chi connectivity index (χ0n) is 11.7. The number of aromatic amines is 1. The van der Waals surface area contributed by atoms with Gasteiger partial charge in [-0.15, -0.1) is 0 Å². The number of nitrogens with one attached hydrogen (secondary N) is 2. The molecule has 4 nitrogen and oxygen atoms in total. The molecule has 1 amide bonds. The largest absolute Gasteiger partial charge is 0.349 e. The first-order chi connectivity index (χ1) is 8.95. The van der Waals surface area contributed by atoms with Gasteiger partial charge in [0.2, 0.25) is 0 Å². The van der Waals surface area contributed by atoms with E-state index in [4.69, 9.17) is 0 Å². The number of hydrogen-bond donors (Lipinski definition) is 2. The Morgan fingerprint density at radius 1 is 1.47 bits per heavy atom. The van der Waals surface area contributed by atoms with Crippen molar-refractivity contribution in [2.45, 2.75) is 52.5 Å². The third kappa shape index (κ3) is 4.97. The van der Waals surface area contributed by atoms with Gasteiger partial charge in [-0.05, 0) is 48.9 Å². The van der Waals surface area contributed by atoms with Gasteiger partial charge in [-0.3, -0.25) is 9.59 Å². The van der Waals surface area contributed by atoms with E-state index in [1.807, 2.05) is 13.8 Å². The standard InChI is InChI=1S/C14H21IN2O2/c1-4-5-6-7-9(2)16-13(18)11-8-12(15)10(3)17-14(11)19/h8-9H,4-7H2,1-3H3,(H,16,18)(H,17,19)/t9-/m1/s1. The first kappa shape index (κ1) is 16.2. The van der Waals surface area contributed by atoms with Crippen LogP contribution in [-0.4, -0.2) is 16.9 Å². The van der Waals surface area contributed by atoms with E-state index < -0.39 is 0 Å². The molecule has 0 aromatic carbocycles. The number of amides is 1. The van der Waals surface area contributed by atoms with E-state index in [0.717, 1.165) is 28.5 Å². The van der Waals surface area contributed by atoms with Crippen molar-refractivity contribution in [3.63, 3.8) is 0 Å². The van der Waals surface area contributed by atoms with Gasteiger partial charge < -0.3 is 10.3 Å². The smallest absolute Gasteiger partial charge is 0.261 e. The van der Waals surface area contributed by atoms with Crippen LogP contribution in [0.1, 0.15) is 55.6 Å². The zero-order valence-corrected chi connectivity index (χ0v) is 13.8. The van der Waals surface area contributed by atoms with E-state index in [9.17, 15) is 9.59 Å². The molecule has 0 spiro atoms. The molecule has 1 atom stereocenters. The molecule has 0 saturated heterocycles. The summed E-state index contributed by atoms with van der Waals surface area (Å²) in [6.45, 7) is 5.94. The topological polar surface area (TPSA) is 62.0 Å². The molecule has 1 aromatic heterocycles. The maximum atomic E-state index is 12.0. The zero-order chi connectivity index (χ0) is 14.4. The third-order valence-corrected chi connectivity index (χ3v) is 4.16. The minimum Gasteiger partial charge on any atom is -0.349 e. The molecule has 5 heteroatoms. The van der Waals surface area contributed by atoms with Gasteiger partial charge in [0.05, 0.1) is 0 Å². The monoisotopic (exact) mass is 376 g/mol. The van der Waals surface area contributed by atoms with Crippen LogP contribution >= 0.6 is 22.6 Å². The van der Waals surface area contributed by atoms with Gasteiger partial charge >= 0.3 is 0 Å². The molecule has 106 valence electrons. The van der Waals surface area contributed by atoms with E-state index in [0.29, 0.717) is 0 Å². The molecule has 0 unspecified atom stereocenters. The predicted octanol–water partition coefficient (Wildman–Crippen LogP) is 2.99. The molecule has 0 aliphatic rings. The Kier molecular flexibility index (Phi) is 6.54. The fourth-order valence-electron chi connectivity index (χ4n) is 1.84. The molecule has 0 aliphatic carbocycles. The van der Waals surface area contributed by atoms with Gasteiger partial charge in [0, 0.05) is 15.3 Å². The van der Waals surface area contributed by atoms with Crippen LogP contribution in [0, 0.1) is 10.5 Å². The highest BCUT2D eigenvalue weighted by Crippen LogP contribution is 2.09. The fourth-order valence-corrected chi connectivity index (χ4v) is 2.29. The SMILES string of the molecule is CCCCC[C@@H](C)NC(=O)c1cc(I)c(C)[nH]c1=O. The maximum Gasteiger partial charge on any atom is 0.261 e. The van der Waals surface area contributed by atoms with Crippen LogP contribution in [0.2, 0.25) is 0 Å². The lowest BCUT2D eigenvalue weighted by Gasteiger charge is -2.13. The summed E-state index contributed by atoms with van der Waals surface area (Å²) in [6, 6.07) is 1.74. The quantitative estimate of drug-likeness (QED) is 0.592. The number of carbonyl (C=O) groups excluding carboxylic acids is 1. The van der Waals surface area contributed by atoms with Gasteiger partial charge in [-0.2, -0.15) is 0 Å². The Hall–Kier alpha value is -0.850. The number of hydrogen-bond acceptors (Lipinski definition) is 2. The first-order valence-corrected chi connectivity index (χ1v) is 7.73. The van der Waals surface area contributed by atoms with E-state index in [2.05, 4.69) is 39.8 Å². The van der Waals surface area contributed by atoms with Crippen LogP contribution in [0.15, 0.2) is 10.9 Å². The fraction of sp³-hybridized carbons (Fsp3) is 0.571. The normalized spacial score (nSPS) is 12.2. The van der Waals surface area contributed by atoms with Crippen LogP contribution in [0.5, 0.6) is 0 Å². The lowest BCUT2D eigenvalue weighted by molar-refractivity contribution is 0.0936. The molecule has 0 saturated carbocycles. The second-order valence-electron chi connectivity index (χ2n) is 4.86. The van der Waals surface area contributed by atoms with Gasteiger partial charge in [0.1, 0.15) is 5.56 Å². The number of aromatic nitrogens is 1. The van der Waals surface area contributed by atoms with Crippen molar-refractivity contribution >= 4 is 28.5 Å². The molecule has 1 aromatic rings. The minimum atomic E-state index is -0.323. The van der Waals surface area contributed by atoms with Crippen LogP contribution < -0.4 is 10.9 Å². The summed E-state index contributed by atoms with van der Waals surface area (Å²) in [7, 11) is 0. The van der Waals surface area contributed by atoms with Crippen molar-refractivity contribution in [3.8, 4) is 0 Å². The maximum absolute atomic E-state index is 12.0. The summed E-state index contributed by atoms with van der Waals surface area (Å²) in [5.41, 5.74) is 0.659. The average Bonchev–Trinajstić information content (AvgIpc) is 2.34. The predicted molar refractivity (Wildman–Crippen MR) is 85.6 cm³/mol. The van der Waals surface area contributed by atoms with Crippen molar-refractivity contribution in [2.24, 2.45) is 0 Å². The van der Waals surface area contributed by atoms with Gasteiger partial charge in [-0.25, -0.2) is 0 Å². The van der Waals surface area contributed by atoms with Crippen molar-refractivity contribution < 1.29 is 4.79 Å². The van der Waals surface area contributed by atoms with Gasteiger partial charge in [-0.1, -0.05) is 26.2 Å². The third-order valence-electron chi connectivity index (χ3n) is 3.04. The summed E-state index contributed by atoms with van der Waals surface area (Å²) in [5.74, 6) is -0.289. The Bertz CT molecular complexity index is 497. The molecule has 0 aliphatic heterocycles. The lowest BCUT2D eigenvalue weighted by Crippen LogP contribution is -2.36. The molecular weight excluding hydrogens is 355 g/mol. The number of aryl methyl sites for hydroxylation is 1. The Morgan fingerprint density at radius 3 is 2.79 bits per heavy atom. The van der Waals surface area contributed by atoms with Crippen molar-refractivity contribution in [1.82, 2.24) is 10.3 Å². The van der Waals surface area contributed by atoms with E-state index in [-0.39, 0.29) is 23.1 Å². The summed E-state index contributed by atoms with van der Waals surface area (Å²) < 4.78 is 0.890. The Labute approximate surface area is 127 Å². The van der Waals surface area contributed by atoms with E-state index in [1.165, 1.54) is 6.42 Å². The minimum absolute atomic E-state index is 0.0948. The van der Waals surface area contributed by atoms with E-state index in [1.54, 1.807) is 6.07 Å². The number of unbranched alkanes of at least 4 members (excludes halogenated alkanes) is 2. The Balaban J connectivity index is 2.68. The van der Waals surface area contributed by atoms with Crippen LogP contribution in [0.4, 0.5) is 0 Å². The van der Waals surface area contributed by atoms with Crippen molar-refractivity contribution in [2.75, 3.05) is 0 Å². The number of carbonyl (C=O) groups is 1. The summed E-state index contributed by atoms with van der Waals surface area (Å²) in [6.07, 6.45) is 4.37. The number of pyridine rings is 1. The molecule has 1 heterocycles. The molecular formula is C14H21IN2O2. The highest BCUT2D eigenvalue weighted by atomic mass is 127. The average molecular weight is 376 g/mol. The summed E-state index contributed by atoms with van der Waals surface area (Å²) in [5, 5.41) is 2.88. The van der Waals surface area contributed by atoms with Gasteiger partial charge in [0.25, 0.3) is 11.5 Å². The van der Waals surface area contributed by atoms with Gasteiger partial charge in [0.15, 0.2) is 0 Å².